The van der Waals surface area contributed by atoms with Gasteiger partial charge in [0.15, 0.2) is 4.47 Å². The third-order valence-electron chi connectivity index (χ3n) is 4.19. The summed E-state index contributed by atoms with van der Waals surface area (Å²) in [6, 6.07) is 5.47. The fourth-order valence-electron chi connectivity index (χ4n) is 2.91. The SMILES string of the molecule is C=CC(=O)N1CCC[C@]1(C)C(=O)Nc1ccc2sc(Cl)nc2c1. The molecule has 1 aliphatic heterocycles. The van der Waals surface area contributed by atoms with Gasteiger partial charge in [0.2, 0.25) is 11.8 Å². The van der Waals surface area contributed by atoms with Gasteiger partial charge in [-0.15, -0.1) is 11.3 Å². The molecule has 0 bridgehead atoms. The van der Waals surface area contributed by atoms with Crippen molar-refractivity contribution in [2.75, 3.05) is 11.9 Å². The first kappa shape index (κ1) is 16.0. The highest BCUT2D eigenvalue weighted by molar-refractivity contribution is 7.22. The van der Waals surface area contributed by atoms with Crippen molar-refractivity contribution in [1.82, 2.24) is 9.88 Å². The van der Waals surface area contributed by atoms with Crippen LogP contribution in [-0.2, 0) is 9.59 Å². The van der Waals surface area contributed by atoms with Crippen LogP contribution in [0.15, 0.2) is 30.9 Å². The Bertz CT molecular complexity index is 804. The van der Waals surface area contributed by atoms with E-state index in [1.54, 1.807) is 17.9 Å². The molecule has 1 aromatic heterocycles. The van der Waals surface area contributed by atoms with Gasteiger partial charge in [-0.1, -0.05) is 18.2 Å². The van der Waals surface area contributed by atoms with E-state index in [0.29, 0.717) is 23.1 Å². The first-order chi connectivity index (χ1) is 10.9. The number of aromatic nitrogens is 1. The van der Waals surface area contributed by atoms with Crippen LogP contribution in [0.2, 0.25) is 4.47 Å². The minimum atomic E-state index is -0.861. The van der Waals surface area contributed by atoms with Gasteiger partial charge in [0.1, 0.15) is 5.54 Å². The van der Waals surface area contributed by atoms with Crippen molar-refractivity contribution >= 4 is 50.7 Å². The van der Waals surface area contributed by atoms with Crippen LogP contribution in [0.5, 0.6) is 0 Å². The molecule has 1 aromatic carbocycles. The van der Waals surface area contributed by atoms with Crippen LogP contribution in [0.1, 0.15) is 19.8 Å². The second-order valence-electron chi connectivity index (χ2n) is 5.67. The Balaban J connectivity index is 1.84. The fourth-order valence-corrected chi connectivity index (χ4v) is 3.92. The van der Waals surface area contributed by atoms with Crippen LogP contribution in [0.25, 0.3) is 10.2 Å². The molecule has 1 aliphatic rings. The van der Waals surface area contributed by atoms with Crippen LogP contribution in [-0.4, -0.2) is 33.8 Å². The molecule has 120 valence electrons. The molecular weight excluding hydrogens is 334 g/mol. The summed E-state index contributed by atoms with van der Waals surface area (Å²) < 4.78 is 1.43. The van der Waals surface area contributed by atoms with E-state index in [1.807, 2.05) is 12.1 Å². The van der Waals surface area contributed by atoms with E-state index < -0.39 is 5.54 Å². The number of anilines is 1. The summed E-state index contributed by atoms with van der Waals surface area (Å²) in [6.07, 6.45) is 2.67. The number of nitrogens with zero attached hydrogens (tertiary/aromatic N) is 2. The Hall–Kier alpha value is -1.92. The molecule has 1 saturated heterocycles. The first-order valence-electron chi connectivity index (χ1n) is 7.25. The highest BCUT2D eigenvalue weighted by atomic mass is 35.5. The molecule has 3 rings (SSSR count). The van der Waals surface area contributed by atoms with Crippen molar-refractivity contribution in [1.29, 1.82) is 0 Å². The lowest BCUT2D eigenvalue weighted by Gasteiger charge is -2.33. The van der Waals surface area contributed by atoms with E-state index in [4.69, 9.17) is 11.6 Å². The van der Waals surface area contributed by atoms with E-state index in [2.05, 4.69) is 16.9 Å². The van der Waals surface area contributed by atoms with Crippen molar-refractivity contribution < 1.29 is 9.59 Å². The van der Waals surface area contributed by atoms with Gasteiger partial charge in [-0.2, -0.15) is 0 Å². The minimum absolute atomic E-state index is 0.203. The van der Waals surface area contributed by atoms with Gasteiger partial charge in [0.05, 0.1) is 10.2 Å². The molecule has 0 unspecified atom stereocenters. The van der Waals surface area contributed by atoms with Gasteiger partial charge in [-0.05, 0) is 44.0 Å². The predicted molar refractivity (Wildman–Crippen MR) is 92.8 cm³/mol. The lowest BCUT2D eigenvalue weighted by molar-refractivity contribution is -0.138. The van der Waals surface area contributed by atoms with Crippen molar-refractivity contribution in [2.24, 2.45) is 0 Å². The van der Waals surface area contributed by atoms with E-state index in [-0.39, 0.29) is 11.8 Å². The van der Waals surface area contributed by atoms with Crippen LogP contribution in [0, 0.1) is 0 Å². The summed E-state index contributed by atoms with van der Waals surface area (Å²) in [6.45, 7) is 5.86. The molecule has 0 radical (unpaired) electrons. The Labute approximate surface area is 142 Å². The van der Waals surface area contributed by atoms with E-state index in [1.165, 1.54) is 17.4 Å². The number of amides is 2. The normalized spacial score (nSPS) is 20.7. The molecule has 2 aromatic rings. The van der Waals surface area contributed by atoms with Crippen molar-refractivity contribution in [2.45, 2.75) is 25.3 Å². The summed E-state index contributed by atoms with van der Waals surface area (Å²) in [5.74, 6) is -0.423. The number of nitrogens with one attached hydrogen (secondary N) is 1. The third-order valence-corrected chi connectivity index (χ3v) is 5.33. The smallest absolute Gasteiger partial charge is 0.250 e. The van der Waals surface area contributed by atoms with Gasteiger partial charge >= 0.3 is 0 Å². The van der Waals surface area contributed by atoms with Gasteiger partial charge in [0, 0.05) is 12.2 Å². The van der Waals surface area contributed by atoms with Crippen LogP contribution >= 0.6 is 22.9 Å². The number of likely N-dealkylation sites (tertiary alicyclic amines) is 1. The monoisotopic (exact) mass is 349 g/mol. The number of hydrogen-bond donors (Lipinski definition) is 1. The van der Waals surface area contributed by atoms with Gasteiger partial charge < -0.3 is 10.2 Å². The number of hydrogen-bond acceptors (Lipinski definition) is 4. The van der Waals surface area contributed by atoms with Crippen molar-refractivity contribution in [3.05, 3.63) is 35.3 Å². The Morgan fingerprint density at radius 1 is 1.52 bits per heavy atom. The van der Waals surface area contributed by atoms with Gasteiger partial charge in [-0.25, -0.2) is 4.98 Å². The molecule has 1 fully saturated rings. The second-order valence-corrected chi connectivity index (χ2v) is 7.29. The maximum Gasteiger partial charge on any atom is 0.250 e. The largest absolute Gasteiger partial charge is 0.325 e. The molecule has 5 nitrogen and oxygen atoms in total. The third kappa shape index (κ3) is 2.84. The highest BCUT2D eigenvalue weighted by Gasteiger charge is 2.44. The number of fused-ring (bicyclic) bond motifs is 1. The summed E-state index contributed by atoms with van der Waals surface area (Å²) in [4.78, 5) is 30.5. The number of thiazole rings is 1. The molecular formula is C16H16ClN3O2S. The average molecular weight is 350 g/mol. The summed E-state index contributed by atoms with van der Waals surface area (Å²) >= 11 is 7.29. The molecule has 0 saturated carbocycles. The molecule has 2 heterocycles. The van der Waals surface area contributed by atoms with Gasteiger partial charge in [0.25, 0.3) is 0 Å². The van der Waals surface area contributed by atoms with Crippen LogP contribution in [0.4, 0.5) is 5.69 Å². The summed E-state index contributed by atoms with van der Waals surface area (Å²) in [5.41, 5.74) is 0.525. The molecule has 23 heavy (non-hydrogen) atoms. The highest BCUT2D eigenvalue weighted by Crippen LogP contribution is 2.32. The van der Waals surface area contributed by atoms with E-state index in [0.717, 1.165) is 16.6 Å². The molecule has 2 amide bonds. The molecule has 7 heteroatoms. The average Bonchev–Trinajstić information content (AvgIpc) is 3.09. The Morgan fingerprint density at radius 3 is 3.04 bits per heavy atom. The molecule has 0 aliphatic carbocycles. The Kier molecular flexibility index (Phi) is 4.12. The van der Waals surface area contributed by atoms with Crippen molar-refractivity contribution in [3.63, 3.8) is 0 Å². The van der Waals surface area contributed by atoms with Gasteiger partial charge in [-0.3, -0.25) is 9.59 Å². The zero-order valence-corrected chi connectivity index (χ0v) is 14.2. The van der Waals surface area contributed by atoms with E-state index in [9.17, 15) is 9.59 Å². The predicted octanol–water partition coefficient (Wildman–Crippen LogP) is 3.46. The number of carbonyl (C=O) groups is 2. The maximum absolute atomic E-state index is 12.7. The fraction of sp³-hybridized carbons (Fsp3) is 0.312. The molecule has 0 spiro atoms. The standard InChI is InChI=1S/C16H16ClN3O2S/c1-3-13(21)20-8-4-7-16(20,2)14(22)18-10-5-6-12-11(9-10)19-15(17)23-12/h3,5-6,9H,1,4,7-8H2,2H3,(H,18,22)/t16-/m1/s1. The molecule has 1 atom stereocenters. The van der Waals surface area contributed by atoms with Crippen molar-refractivity contribution in [3.8, 4) is 0 Å². The van der Waals surface area contributed by atoms with Crippen LogP contribution < -0.4 is 5.32 Å². The Morgan fingerprint density at radius 2 is 2.30 bits per heavy atom. The second kappa shape index (κ2) is 5.94. The number of halogens is 1. The quantitative estimate of drug-likeness (QED) is 0.863. The number of benzene rings is 1. The summed E-state index contributed by atoms with van der Waals surface area (Å²) in [5, 5.41) is 2.89. The summed E-state index contributed by atoms with van der Waals surface area (Å²) in [7, 11) is 0. The first-order valence-corrected chi connectivity index (χ1v) is 8.45. The lowest BCUT2D eigenvalue weighted by atomic mass is 9.97. The number of rotatable bonds is 3. The lowest BCUT2D eigenvalue weighted by Crippen LogP contribution is -2.52. The maximum atomic E-state index is 12.7. The molecule has 1 N–H and O–H groups in total. The topological polar surface area (TPSA) is 62.3 Å². The van der Waals surface area contributed by atoms with Crippen LogP contribution in [0.3, 0.4) is 0 Å². The minimum Gasteiger partial charge on any atom is -0.325 e. The zero-order chi connectivity index (χ0) is 16.6. The van der Waals surface area contributed by atoms with E-state index >= 15 is 0 Å². The zero-order valence-electron chi connectivity index (χ0n) is 12.6. The number of carbonyl (C=O) groups excluding carboxylic acids is 2.